The number of thiophene rings is 1. The van der Waals surface area contributed by atoms with Crippen LogP contribution >= 0.6 is 22.9 Å². The highest BCUT2D eigenvalue weighted by atomic mass is 35.5. The summed E-state index contributed by atoms with van der Waals surface area (Å²) in [6.45, 7) is 1.79. The highest BCUT2D eigenvalue weighted by Gasteiger charge is 2.53. The fourth-order valence-corrected chi connectivity index (χ4v) is 5.97. The number of ether oxygens (including phenoxy) is 1. The highest BCUT2D eigenvalue weighted by molar-refractivity contribution is 7.16. The van der Waals surface area contributed by atoms with Gasteiger partial charge in [0.15, 0.2) is 0 Å². The van der Waals surface area contributed by atoms with Gasteiger partial charge in [-0.2, -0.15) is 14.0 Å². The van der Waals surface area contributed by atoms with Gasteiger partial charge in [0.1, 0.15) is 24.0 Å². The number of halogens is 3. The minimum atomic E-state index is -3.05. The van der Waals surface area contributed by atoms with Crippen LogP contribution < -0.4 is 5.32 Å². The number of nitrogens with zero attached hydrogens (tertiary/aromatic N) is 5. The number of rotatable bonds is 3. The van der Waals surface area contributed by atoms with Crippen LogP contribution in [0.1, 0.15) is 53.2 Å². The van der Waals surface area contributed by atoms with Crippen LogP contribution in [0.2, 0.25) is 4.34 Å². The van der Waals surface area contributed by atoms with Crippen molar-refractivity contribution in [2.24, 2.45) is 0 Å². The minimum Gasteiger partial charge on any atom is -0.363 e. The fourth-order valence-electron chi connectivity index (χ4n) is 4.53. The molecule has 0 saturated carbocycles. The molecule has 1 saturated heterocycles. The van der Waals surface area contributed by atoms with Crippen molar-refractivity contribution < 1.29 is 13.5 Å². The van der Waals surface area contributed by atoms with Crippen molar-refractivity contribution in [3.63, 3.8) is 0 Å². The molecule has 5 rings (SSSR count). The molecule has 32 heavy (non-hydrogen) atoms. The SMILES string of the molecule is C[C@H]1C[C@@]2(C[C@@H](c3cn(Cc4ccc(C#N)nc4)nn3)N1)OCC(F)(F)c1cc(Cl)sc12. The molecule has 166 valence electrons. The van der Waals surface area contributed by atoms with Crippen LogP contribution in [-0.2, 0) is 22.8 Å². The summed E-state index contributed by atoms with van der Waals surface area (Å²) < 4.78 is 36.9. The number of nitrogens with one attached hydrogen (secondary N) is 1. The maximum Gasteiger partial charge on any atom is 0.297 e. The lowest BCUT2D eigenvalue weighted by molar-refractivity contribution is -0.183. The summed E-state index contributed by atoms with van der Waals surface area (Å²) in [4.78, 5) is 4.58. The van der Waals surface area contributed by atoms with Crippen LogP contribution in [0.25, 0.3) is 0 Å². The number of pyridine rings is 1. The topological polar surface area (TPSA) is 88.7 Å². The van der Waals surface area contributed by atoms with Gasteiger partial charge in [-0.15, -0.1) is 16.4 Å². The molecule has 0 aliphatic carbocycles. The maximum absolute atomic E-state index is 14.5. The van der Waals surface area contributed by atoms with Gasteiger partial charge in [0.05, 0.1) is 28.8 Å². The predicted molar refractivity (Wildman–Crippen MR) is 114 cm³/mol. The summed E-state index contributed by atoms with van der Waals surface area (Å²) in [7, 11) is 0. The van der Waals surface area contributed by atoms with Gasteiger partial charge in [0, 0.05) is 29.1 Å². The van der Waals surface area contributed by atoms with Crippen molar-refractivity contribution in [1.82, 2.24) is 25.3 Å². The van der Waals surface area contributed by atoms with Crippen molar-refractivity contribution >= 4 is 22.9 Å². The minimum absolute atomic E-state index is 0.0158. The summed E-state index contributed by atoms with van der Waals surface area (Å²) >= 11 is 7.30. The number of hydrogen-bond acceptors (Lipinski definition) is 7. The lowest BCUT2D eigenvalue weighted by atomic mass is 9.78. The first-order valence-corrected chi connectivity index (χ1v) is 11.3. The van der Waals surface area contributed by atoms with Crippen molar-refractivity contribution in [3.8, 4) is 6.07 Å². The van der Waals surface area contributed by atoms with Crippen LogP contribution in [0.5, 0.6) is 0 Å². The van der Waals surface area contributed by atoms with E-state index in [-0.39, 0.29) is 17.6 Å². The summed E-state index contributed by atoms with van der Waals surface area (Å²) in [5.74, 6) is -3.05. The van der Waals surface area contributed by atoms with Gasteiger partial charge in [-0.05, 0) is 31.0 Å². The molecule has 0 radical (unpaired) electrons. The predicted octanol–water partition coefficient (Wildman–Crippen LogP) is 4.14. The quantitative estimate of drug-likeness (QED) is 0.611. The summed E-state index contributed by atoms with van der Waals surface area (Å²) in [6.07, 6.45) is 4.48. The number of fused-ring (bicyclic) bond motifs is 2. The molecule has 3 atom stereocenters. The maximum atomic E-state index is 14.5. The molecule has 5 heterocycles. The van der Waals surface area contributed by atoms with E-state index in [4.69, 9.17) is 21.6 Å². The fraction of sp³-hybridized carbons (Fsp3) is 0.429. The molecule has 2 aliphatic heterocycles. The number of aromatic nitrogens is 4. The van der Waals surface area contributed by atoms with Crippen molar-refractivity contribution in [3.05, 3.63) is 62.3 Å². The van der Waals surface area contributed by atoms with Gasteiger partial charge in [-0.3, -0.25) is 0 Å². The normalized spacial score (nSPS) is 26.6. The van der Waals surface area contributed by atoms with Gasteiger partial charge in [0.25, 0.3) is 5.92 Å². The second-order valence-corrected chi connectivity index (χ2v) is 10.00. The Labute approximate surface area is 192 Å². The van der Waals surface area contributed by atoms with E-state index in [1.54, 1.807) is 16.9 Å². The third-order valence-corrected chi connectivity index (χ3v) is 7.34. The molecule has 1 fully saturated rings. The van der Waals surface area contributed by atoms with Crippen molar-refractivity contribution in [1.29, 1.82) is 5.26 Å². The first kappa shape index (κ1) is 21.4. The number of piperidine rings is 1. The van der Waals surface area contributed by atoms with E-state index >= 15 is 0 Å². The van der Waals surface area contributed by atoms with Crippen LogP contribution in [0.15, 0.2) is 30.6 Å². The van der Waals surface area contributed by atoms with E-state index in [0.29, 0.717) is 40.0 Å². The zero-order valence-electron chi connectivity index (χ0n) is 17.1. The molecule has 1 spiro atoms. The largest absolute Gasteiger partial charge is 0.363 e. The Balaban J connectivity index is 1.40. The van der Waals surface area contributed by atoms with E-state index in [9.17, 15) is 8.78 Å². The third kappa shape index (κ3) is 3.79. The third-order valence-electron chi connectivity index (χ3n) is 5.89. The molecule has 11 heteroatoms. The van der Waals surface area contributed by atoms with Crippen molar-refractivity contribution in [2.75, 3.05) is 6.61 Å². The van der Waals surface area contributed by atoms with Gasteiger partial charge >= 0.3 is 0 Å². The molecule has 1 N–H and O–H groups in total. The molecule has 0 amide bonds. The Bertz CT molecular complexity index is 1190. The van der Waals surface area contributed by atoms with Crippen molar-refractivity contribution in [2.45, 2.75) is 49.9 Å². The van der Waals surface area contributed by atoms with E-state index in [2.05, 4.69) is 20.6 Å². The molecular weight excluding hydrogens is 458 g/mol. The highest BCUT2D eigenvalue weighted by Crippen LogP contribution is 2.54. The average Bonchev–Trinajstić information content (AvgIpc) is 3.39. The van der Waals surface area contributed by atoms with Gasteiger partial charge < -0.3 is 10.1 Å². The van der Waals surface area contributed by atoms with Crippen LogP contribution in [0, 0.1) is 11.3 Å². The smallest absolute Gasteiger partial charge is 0.297 e. The van der Waals surface area contributed by atoms with Crippen LogP contribution in [0.4, 0.5) is 8.78 Å². The Morgan fingerprint density at radius 1 is 1.41 bits per heavy atom. The number of alkyl halides is 2. The summed E-state index contributed by atoms with van der Waals surface area (Å²) in [5.41, 5.74) is 1.08. The zero-order valence-corrected chi connectivity index (χ0v) is 18.6. The average molecular weight is 477 g/mol. The number of hydrogen-bond donors (Lipinski definition) is 1. The monoisotopic (exact) mass is 476 g/mol. The first-order valence-electron chi connectivity index (χ1n) is 10.1. The molecule has 2 aliphatic rings. The first-order chi connectivity index (χ1) is 15.3. The number of nitriles is 1. The van der Waals surface area contributed by atoms with Crippen LogP contribution in [-0.4, -0.2) is 32.6 Å². The van der Waals surface area contributed by atoms with E-state index in [1.165, 1.54) is 17.4 Å². The van der Waals surface area contributed by atoms with Gasteiger partial charge in [-0.25, -0.2) is 9.67 Å². The van der Waals surface area contributed by atoms with E-state index < -0.39 is 18.1 Å². The Morgan fingerprint density at radius 3 is 3.00 bits per heavy atom. The Kier molecular flexibility index (Phi) is 5.25. The van der Waals surface area contributed by atoms with Gasteiger partial charge in [-0.1, -0.05) is 22.9 Å². The molecule has 3 aromatic rings. The zero-order chi connectivity index (χ0) is 22.5. The Hall–Kier alpha value is -2.45. The molecular formula is C21H19ClF2N6OS. The lowest BCUT2D eigenvalue weighted by Gasteiger charge is -2.47. The molecule has 0 unspecified atom stereocenters. The van der Waals surface area contributed by atoms with E-state index in [1.807, 2.05) is 25.3 Å². The summed E-state index contributed by atoms with van der Waals surface area (Å²) in [5, 5.41) is 20.9. The molecule has 7 nitrogen and oxygen atoms in total. The van der Waals surface area contributed by atoms with Gasteiger partial charge in [0.2, 0.25) is 0 Å². The lowest BCUT2D eigenvalue weighted by Crippen LogP contribution is -2.51. The standard InChI is InChI=1S/C21H19ClF2N6OS/c1-12-5-20(19-15(4-18(22)32-19)21(23,24)11-31-20)6-16(27-12)17-10-30(29-28-17)9-13-2-3-14(7-25)26-8-13/h2-4,8,10,12,16,27H,5-6,9,11H2,1H3/t12-,16-,20-/m0/s1. The van der Waals surface area contributed by atoms with Crippen LogP contribution in [0.3, 0.4) is 0 Å². The second kappa shape index (κ2) is 7.85. The molecule has 3 aromatic heterocycles. The second-order valence-electron chi connectivity index (χ2n) is 8.31. The Morgan fingerprint density at radius 2 is 2.25 bits per heavy atom. The van der Waals surface area contributed by atoms with E-state index in [0.717, 1.165) is 5.56 Å². The molecule has 0 bridgehead atoms. The summed E-state index contributed by atoms with van der Waals surface area (Å²) in [6, 6.07) is 6.64. The molecule has 0 aromatic carbocycles.